The summed E-state index contributed by atoms with van der Waals surface area (Å²) in [4.78, 5) is 35.2. The minimum absolute atomic E-state index is 0.0711. The fraction of sp³-hybridized carbons (Fsp3) is 0.200. The van der Waals surface area contributed by atoms with E-state index in [1.807, 2.05) is 0 Å². The van der Waals surface area contributed by atoms with Crippen molar-refractivity contribution in [3.63, 3.8) is 0 Å². The first-order chi connectivity index (χ1) is 10.0. The Kier molecular flexibility index (Phi) is 6.39. The van der Waals surface area contributed by atoms with Crippen molar-refractivity contribution in [3.05, 3.63) is 55.7 Å². The van der Waals surface area contributed by atoms with E-state index in [9.17, 15) is 14.4 Å². The molecule has 1 rings (SSSR count). The van der Waals surface area contributed by atoms with Crippen molar-refractivity contribution >= 4 is 17.8 Å². The van der Waals surface area contributed by atoms with Crippen LogP contribution in [-0.2, 0) is 9.47 Å². The van der Waals surface area contributed by atoms with Crippen LogP contribution < -0.4 is 5.32 Å². The van der Waals surface area contributed by atoms with Crippen LogP contribution >= 0.6 is 0 Å². The minimum atomic E-state index is -0.858. The molecule has 1 aromatic carbocycles. The number of rotatable bonds is 6. The van der Waals surface area contributed by atoms with Gasteiger partial charge in [-0.25, -0.2) is 9.59 Å². The molecule has 1 N–H and O–H groups in total. The van der Waals surface area contributed by atoms with E-state index in [1.54, 1.807) is 0 Å². The first-order valence-corrected chi connectivity index (χ1v) is 5.91. The number of hydrogen-bond acceptors (Lipinski definition) is 5. The molecule has 1 aromatic rings. The number of carbonyl (C=O) groups is 3. The van der Waals surface area contributed by atoms with Crippen molar-refractivity contribution in [2.45, 2.75) is 0 Å². The van der Waals surface area contributed by atoms with Gasteiger partial charge in [-0.1, -0.05) is 0 Å². The third-order valence-corrected chi connectivity index (χ3v) is 2.41. The first-order valence-electron chi connectivity index (χ1n) is 5.91. The van der Waals surface area contributed by atoms with Gasteiger partial charge in [0.25, 0.3) is 5.91 Å². The lowest BCUT2D eigenvalue weighted by atomic mass is 10.0. The third kappa shape index (κ3) is 4.30. The quantitative estimate of drug-likeness (QED) is 0.785. The number of esters is 2. The molecule has 0 unspecified atom stereocenters. The Labute approximate surface area is 123 Å². The summed E-state index contributed by atoms with van der Waals surface area (Å²) in [7, 11) is 0. The molecule has 6 heteroatoms. The molecular formula is C15H13NO5. The lowest BCUT2D eigenvalue weighted by Crippen LogP contribution is -2.24. The smallest absolute Gasteiger partial charge is 0.339 e. The van der Waals surface area contributed by atoms with Gasteiger partial charge in [-0.2, -0.15) is 0 Å². The second-order valence-corrected chi connectivity index (χ2v) is 3.67. The maximum Gasteiger partial charge on any atom is 0.339 e. The number of nitrogens with one attached hydrogen (secondary N) is 1. The summed E-state index contributed by atoms with van der Waals surface area (Å²) in [6.45, 7) is 14.6. The number of carbonyl (C=O) groups excluding carboxylic acids is 3. The monoisotopic (exact) mass is 287 g/mol. The molecule has 21 heavy (non-hydrogen) atoms. The molecule has 0 aromatic heterocycles. The Morgan fingerprint density at radius 1 is 0.952 bits per heavy atom. The standard InChI is InChI=1S/C15H13NO5/c1-4-16-13(17)10-7-8-11(14(18)20-5-2)12(9-10)15(19)21-6-3/h1-3,7-9H,4-6H2,(H,16,17). The average Bonchev–Trinajstić information content (AvgIpc) is 2.47. The van der Waals surface area contributed by atoms with Crippen molar-refractivity contribution in [1.29, 1.82) is 0 Å². The molecule has 6 nitrogen and oxygen atoms in total. The van der Waals surface area contributed by atoms with Crippen LogP contribution in [0.5, 0.6) is 0 Å². The Morgan fingerprint density at radius 3 is 2.05 bits per heavy atom. The molecule has 0 aliphatic heterocycles. The van der Waals surface area contributed by atoms with Crippen LogP contribution in [0.2, 0.25) is 0 Å². The Hall–Kier alpha value is -2.37. The van der Waals surface area contributed by atoms with Crippen LogP contribution in [0, 0.1) is 20.8 Å². The summed E-state index contributed by atoms with van der Waals surface area (Å²) >= 11 is 0. The summed E-state index contributed by atoms with van der Waals surface area (Å²) in [5, 5.41) is 2.36. The van der Waals surface area contributed by atoms with Crippen LogP contribution in [0.4, 0.5) is 0 Å². The molecule has 0 aliphatic rings. The van der Waals surface area contributed by atoms with Gasteiger partial charge in [0.1, 0.15) is 0 Å². The highest BCUT2D eigenvalue weighted by Gasteiger charge is 2.21. The van der Waals surface area contributed by atoms with Crippen LogP contribution in [0.25, 0.3) is 0 Å². The predicted octanol–water partition coefficient (Wildman–Crippen LogP) is 0.863. The fourth-order valence-electron chi connectivity index (χ4n) is 1.53. The predicted molar refractivity (Wildman–Crippen MR) is 72.2 cm³/mol. The van der Waals surface area contributed by atoms with Gasteiger partial charge in [0, 0.05) is 26.0 Å². The minimum Gasteiger partial charge on any atom is -0.462 e. The van der Waals surface area contributed by atoms with Gasteiger partial charge in [-0.05, 0) is 25.1 Å². The van der Waals surface area contributed by atoms with Gasteiger partial charge < -0.3 is 14.8 Å². The summed E-state index contributed by atoms with van der Waals surface area (Å²) < 4.78 is 9.26. The summed E-state index contributed by atoms with van der Waals surface area (Å²) in [6, 6.07) is 3.80. The number of benzene rings is 1. The molecule has 6 radical (unpaired) electrons. The zero-order valence-electron chi connectivity index (χ0n) is 11.1. The van der Waals surface area contributed by atoms with Crippen LogP contribution in [0.15, 0.2) is 18.2 Å². The van der Waals surface area contributed by atoms with Crippen LogP contribution in [-0.4, -0.2) is 37.6 Å². The van der Waals surface area contributed by atoms with E-state index in [2.05, 4.69) is 14.8 Å². The summed E-state index contributed by atoms with van der Waals surface area (Å²) in [5.74, 6) is -2.17. The van der Waals surface area contributed by atoms with E-state index in [4.69, 9.17) is 20.8 Å². The second kappa shape index (κ2) is 8.04. The summed E-state index contributed by atoms with van der Waals surface area (Å²) in [5.41, 5.74) is -0.0968. The largest absolute Gasteiger partial charge is 0.462 e. The maximum absolute atomic E-state index is 11.8. The maximum atomic E-state index is 11.8. The van der Waals surface area contributed by atoms with Crippen LogP contribution in [0.1, 0.15) is 31.1 Å². The first kappa shape index (κ1) is 16.7. The Bertz CT molecular complexity index is 539. The van der Waals surface area contributed by atoms with Gasteiger partial charge in [0.15, 0.2) is 0 Å². The highest BCUT2D eigenvalue weighted by Crippen LogP contribution is 2.15. The lowest BCUT2D eigenvalue weighted by Gasteiger charge is -2.10. The SMILES string of the molecule is [CH]CNC(=O)c1ccc(C(=O)OC[CH])c(C(=O)OC[CH])c1. The van der Waals surface area contributed by atoms with Gasteiger partial charge in [-0.15, -0.1) is 0 Å². The lowest BCUT2D eigenvalue weighted by molar-refractivity contribution is 0.0500. The second-order valence-electron chi connectivity index (χ2n) is 3.67. The van der Waals surface area contributed by atoms with E-state index in [-0.39, 0.29) is 36.4 Å². The van der Waals surface area contributed by atoms with Crippen molar-refractivity contribution in [2.75, 3.05) is 19.8 Å². The molecule has 0 fully saturated rings. The Morgan fingerprint density at radius 2 is 1.52 bits per heavy atom. The molecule has 0 saturated heterocycles. The van der Waals surface area contributed by atoms with Crippen molar-refractivity contribution in [3.8, 4) is 0 Å². The van der Waals surface area contributed by atoms with E-state index < -0.39 is 17.8 Å². The molecule has 0 saturated carbocycles. The molecule has 0 heterocycles. The number of hydrogen-bond donors (Lipinski definition) is 1. The van der Waals surface area contributed by atoms with E-state index >= 15 is 0 Å². The van der Waals surface area contributed by atoms with E-state index in [0.29, 0.717) is 0 Å². The zero-order chi connectivity index (χ0) is 15.8. The number of amides is 1. The van der Waals surface area contributed by atoms with E-state index in [0.717, 1.165) is 0 Å². The molecular weight excluding hydrogens is 274 g/mol. The fourth-order valence-corrected chi connectivity index (χ4v) is 1.53. The van der Waals surface area contributed by atoms with Gasteiger partial charge in [-0.3, -0.25) is 4.79 Å². The highest BCUT2D eigenvalue weighted by atomic mass is 16.5. The van der Waals surface area contributed by atoms with Gasteiger partial charge >= 0.3 is 11.9 Å². The zero-order valence-corrected chi connectivity index (χ0v) is 11.1. The topological polar surface area (TPSA) is 81.7 Å². The average molecular weight is 287 g/mol. The molecule has 0 atom stereocenters. The van der Waals surface area contributed by atoms with Crippen molar-refractivity contribution in [2.24, 2.45) is 0 Å². The molecule has 0 aliphatic carbocycles. The van der Waals surface area contributed by atoms with E-state index in [1.165, 1.54) is 18.2 Å². The van der Waals surface area contributed by atoms with Crippen LogP contribution in [0.3, 0.4) is 0 Å². The van der Waals surface area contributed by atoms with Crippen molar-refractivity contribution < 1.29 is 23.9 Å². The Balaban J connectivity index is 3.22. The number of ether oxygens (including phenoxy) is 2. The van der Waals surface area contributed by atoms with Crippen molar-refractivity contribution in [1.82, 2.24) is 5.32 Å². The molecule has 1 amide bonds. The van der Waals surface area contributed by atoms with Gasteiger partial charge in [0.05, 0.1) is 24.3 Å². The third-order valence-electron chi connectivity index (χ3n) is 2.41. The molecule has 0 bridgehead atoms. The van der Waals surface area contributed by atoms with Gasteiger partial charge in [0.2, 0.25) is 0 Å². The summed E-state index contributed by atoms with van der Waals surface area (Å²) in [6.07, 6.45) is 0. The highest BCUT2D eigenvalue weighted by molar-refractivity contribution is 6.05. The molecule has 0 spiro atoms. The normalized spacial score (nSPS) is 9.86. The molecule has 108 valence electrons.